The largest absolute Gasteiger partial charge is 0.493 e. The molecule has 27 heavy (non-hydrogen) atoms. The second-order valence-electron chi connectivity index (χ2n) is 5.53. The zero-order valence-corrected chi connectivity index (χ0v) is 15.9. The first kappa shape index (κ1) is 20.4. The maximum atomic E-state index is 12.4. The van der Waals surface area contributed by atoms with Crippen molar-refractivity contribution in [3.05, 3.63) is 48.0 Å². The van der Waals surface area contributed by atoms with E-state index < -0.39 is 22.5 Å². The van der Waals surface area contributed by atoms with Gasteiger partial charge in [-0.1, -0.05) is 12.1 Å². The van der Waals surface area contributed by atoms with Crippen molar-refractivity contribution < 1.29 is 27.5 Å². The molecule has 2 N–H and O–H groups in total. The monoisotopic (exact) mass is 392 g/mol. The van der Waals surface area contributed by atoms with Gasteiger partial charge in [0.2, 0.25) is 15.9 Å². The third-order valence-corrected chi connectivity index (χ3v) is 5.04. The van der Waals surface area contributed by atoms with Crippen LogP contribution in [0.25, 0.3) is 0 Å². The summed E-state index contributed by atoms with van der Waals surface area (Å²) in [6, 6.07) is 10.5. The van der Waals surface area contributed by atoms with Crippen LogP contribution < -0.4 is 19.5 Å². The first-order valence-corrected chi connectivity index (χ1v) is 9.37. The molecule has 0 spiro atoms. The van der Waals surface area contributed by atoms with Crippen molar-refractivity contribution in [2.75, 3.05) is 26.1 Å². The van der Waals surface area contributed by atoms with Gasteiger partial charge < -0.3 is 14.8 Å². The van der Waals surface area contributed by atoms with Crippen LogP contribution in [0, 0.1) is 0 Å². The van der Waals surface area contributed by atoms with Crippen molar-refractivity contribution in [2.24, 2.45) is 0 Å². The van der Waals surface area contributed by atoms with Crippen LogP contribution in [0.4, 0.5) is 5.69 Å². The number of ketones is 1. The van der Waals surface area contributed by atoms with Crippen molar-refractivity contribution >= 4 is 27.4 Å². The molecule has 2 aromatic carbocycles. The van der Waals surface area contributed by atoms with E-state index >= 15 is 0 Å². The van der Waals surface area contributed by atoms with E-state index in [1.807, 2.05) is 0 Å². The molecule has 0 heterocycles. The Bertz CT molecular complexity index is 956. The van der Waals surface area contributed by atoms with Gasteiger partial charge in [-0.25, -0.2) is 13.1 Å². The summed E-state index contributed by atoms with van der Waals surface area (Å²) >= 11 is 0. The molecule has 0 aliphatic rings. The summed E-state index contributed by atoms with van der Waals surface area (Å²) in [7, 11) is -1.09. The van der Waals surface area contributed by atoms with E-state index in [1.54, 1.807) is 18.2 Å². The van der Waals surface area contributed by atoms with Gasteiger partial charge in [-0.3, -0.25) is 9.59 Å². The molecular weight excluding hydrogens is 372 g/mol. The number of rotatable bonds is 8. The molecule has 9 heteroatoms. The first-order chi connectivity index (χ1) is 12.8. The lowest BCUT2D eigenvalue weighted by molar-refractivity contribution is -0.115. The van der Waals surface area contributed by atoms with E-state index in [4.69, 9.17) is 9.47 Å². The fraction of sp³-hybridized carbons (Fsp3) is 0.222. The van der Waals surface area contributed by atoms with Crippen LogP contribution >= 0.6 is 0 Å². The number of Topliss-reactive ketones (excluding diaryl/α,β-unsaturated/α-hetero) is 1. The minimum Gasteiger partial charge on any atom is -0.493 e. The second kappa shape index (κ2) is 8.65. The molecule has 2 aromatic rings. The normalized spacial score (nSPS) is 10.9. The van der Waals surface area contributed by atoms with Gasteiger partial charge in [0.1, 0.15) is 0 Å². The van der Waals surface area contributed by atoms with Crippen molar-refractivity contribution in [3.63, 3.8) is 0 Å². The van der Waals surface area contributed by atoms with Crippen LogP contribution in [0.5, 0.6) is 11.5 Å². The van der Waals surface area contributed by atoms with Gasteiger partial charge in [-0.05, 0) is 31.2 Å². The van der Waals surface area contributed by atoms with Crippen molar-refractivity contribution in [1.82, 2.24) is 4.72 Å². The number of carbonyl (C=O) groups is 2. The van der Waals surface area contributed by atoms with Crippen molar-refractivity contribution in [1.29, 1.82) is 0 Å². The predicted octanol–water partition coefficient (Wildman–Crippen LogP) is 1.82. The maximum absolute atomic E-state index is 12.4. The summed E-state index contributed by atoms with van der Waals surface area (Å²) in [6.07, 6.45) is 0. The highest BCUT2D eigenvalue weighted by Crippen LogP contribution is 2.29. The molecule has 0 saturated heterocycles. The number of amides is 1. The molecule has 0 radical (unpaired) electrons. The molecule has 0 aliphatic heterocycles. The van der Waals surface area contributed by atoms with E-state index in [-0.39, 0.29) is 16.4 Å². The SMILES string of the molecule is COc1ccc(S(=O)(=O)NCC(=O)Nc2cccc(C(C)=O)c2)cc1OC. The lowest BCUT2D eigenvalue weighted by Gasteiger charge is -2.11. The summed E-state index contributed by atoms with van der Waals surface area (Å²) in [5.74, 6) is -0.0644. The van der Waals surface area contributed by atoms with Crippen LogP contribution in [0.1, 0.15) is 17.3 Å². The molecule has 0 aromatic heterocycles. The Balaban J connectivity index is 2.05. The zero-order chi connectivity index (χ0) is 20.0. The Morgan fingerprint density at radius 1 is 1.00 bits per heavy atom. The van der Waals surface area contributed by atoms with Crippen LogP contribution in [-0.2, 0) is 14.8 Å². The quantitative estimate of drug-likeness (QED) is 0.663. The third kappa shape index (κ3) is 5.28. The summed E-state index contributed by atoms with van der Waals surface area (Å²) in [4.78, 5) is 23.3. The molecule has 0 atom stereocenters. The van der Waals surface area contributed by atoms with Crippen LogP contribution in [0.2, 0.25) is 0 Å². The number of ether oxygens (including phenoxy) is 2. The number of methoxy groups -OCH3 is 2. The summed E-state index contributed by atoms with van der Waals surface area (Å²) < 4.78 is 37.1. The van der Waals surface area contributed by atoms with Crippen LogP contribution in [-0.4, -0.2) is 40.9 Å². The lowest BCUT2D eigenvalue weighted by atomic mass is 10.1. The molecule has 8 nitrogen and oxygen atoms in total. The molecule has 144 valence electrons. The first-order valence-electron chi connectivity index (χ1n) is 7.89. The van der Waals surface area contributed by atoms with E-state index in [2.05, 4.69) is 10.0 Å². The highest BCUT2D eigenvalue weighted by atomic mass is 32.2. The van der Waals surface area contributed by atoms with E-state index in [9.17, 15) is 18.0 Å². The molecule has 0 saturated carbocycles. The molecule has 0 unspecified atom stereocenters. The Hall–Kier alpha value is -2.91. The Morgan fingerprint density at radius 2 is 1.70 bits per heavy atom. The highest BCUT2D eigenvalue weighted by molar-refractivity contribution is 7.89. The Kier molecular flexibility index (Phi) is 6.54. The molecule has 2 rings (SSSR count). The number of carbonyl (C=O) groups excluding carboxylic acids is 2. The van der Waals surface area contributed by atoms with E-state index in [0.29, 0.717) is 17.0 Å². The zero-order valence-electron chi connectivity index (χ0n) is 15.1. The maximum Gasteiger partial charge on any atom is 0.241 e. The predicted molar refractivity (Wildman–Crippen MR) is 99.8 cm³/mol. The summed E-state index contributed by atoms with van der Waals surface area (Å²) in [6.45, 7) is 0.944. The number of benzene rings is 2. The van der Waals surface area contributed by atoms with Gasteiger partial charge in [-0.2, -0.15) is 0 Å². The number of hydrogen-bond acceptors (Lipinski definition) is 6. The molecule has 1 amide bonds. The Morgan fingerprint density at radius 3 is 2.33 bits per heavy atom. The standard InChI is InChI=1S/C18H20N2O6S/c1-12(21)13-5-4-6-14(9-13)20-18(22)11-19-27(23,24)15-7-8-16(25-2)17(10-15)26-3/h4-10,19H,11H2,1-3H3,(H,20,22). The summed E-state index contributed by atoms with van der Waals surface area (Å²) in [5, 5.41) is 2.54. The van der Waals surface area contributed by atoms with Crippen molar-refractivity contribution in [2.45, 2.75) is 11.8 Å². The average Bonchev–Trinajstić information content (AvgIpc) is 2.66. The molecule has 0 bridgehead atoms. The summed E-state index contributed by atoms with van der Waals surface area (Å²) in [5.41, 5.74) is 0.844. The van der Waals surface area contributed by atoms with Gasteiger partial charge in [-0.15, -0.1) is 0 Å². The minimum atomic E-state index is -3.93. The smallest absolute Gasteiger partial charge is 0.241 e. The highest BCUT2D eigenvalue weighted by Gasteiger charge is 2.18. The molecule has 0 aliphatic carbocycles. The number of anilines is 1. The van der Waals surface area contributed by atoms with Crippen LogP contribution in [0.15, 0.2) is 47.4 Å². The number of hydrogen-bond donors (Lipinski definition) is 2. The average molecular weight is 392 g/mol. The topological polar surface area (TPSA) is 111 Å². The third-order valence-electron chi connectivity index (χ3n) is 3.64. The minimum absolute atomic E-state index is 0.0634. The molecule has 0 fully saturated rings. The van der Waals surface area contributed by atoms with Gasteiger partial charge in [0.15, 0.2) is 17.3 Å². The van der Waals surface area contributed by atoms with Gasteiger partial charge in [0.05, 0.1) is 25.7 Å². The number of nitrogens with one attached hydrogen (secondary N) is 2. The van der Waals surface area contributed by atoms with Gasteiger partial charge in [0, 0.05) is 17.3 Å². The fourth-order valence-electron chi connectivity index (χ4n) is 2.25. The van der Waals surface area contributed by atoms with E-state index in [1.165, 1.54) is 45.4 Å². The molecular formula is C18H20N2O6S. The van der Waals surface area contributed by atoms with Crippen molar-refractivity contribution in [3.8, 4) is 11.5 Å². The lowest BCUT2D eigenvalue weighted by Crippen LogP contribution is -2.33. The van der Waals surface area contributed by atoms with E-state index in [0.717, 1.165) is 0 Å². The fourth-order valence-corrected chi connectivity index (χ4v) is 3.25. The van der Waals surface area contributed by atoms with Gasteiger partial charge >= 0.3 is 0 Å². The van der Waals surface area contributed by atoms with Gasteiger partial charge in [0.25, 0.3) is 0 Å². The van der Waals surface area contributed by atoms with Crippen LogP contribution in [0.3, 0.4) is 0 Å². The Labute approximate surface area is 157 Å². The number of sulfonamides is 1. The second-order valence-corrected chi connectivity index (χ2v) is 7.29.